The lowest BCUT2D eigenvalue weighted by Gasteiger charge is -2.29. The molecule has 0 radical (unpaired) electrons. The van der Waals surface area contributed by atoms with Gasteiger partial charge in [-0.1, -0.05) is 6.92 Å². The highest BCUT2D eigenvalue weighted by Gasteiger charge is 2.19. The minimum Gasteiger partial charge on any atom is -0.465 e. The predicted molar refractivity (Wildman–Crippen MR) is 83.7 cm³/mol. The first-order chi connectivity index (χ1) is 10.2. The lowest BCUT2D eigenvalue weighted by atomic mass is 10.3. The van der Waals surface area contributed by atoms with Gasteiger partial charge in [-0.3, -0.25) is 4.90 Å². The largest absolute Gasteiger partial charge is 0.465 e. The van der Waals surface area contributed by atoms with Crippen LogP contribution < -0.4 is 0 Å². The molecule has 2 aromatic heterocycles. The Bertz CT molecular complexity index is 655. The van der Waals surface area contributed by atoms with Crippen LogP contribution in [0.3, 0.4) is 0 Å². The Hall–Kier alpha value is -1.53. The maximum atomic E-state index is 11.8. The molecular formula is C15H19N3O2S. The SMILES string of the molecule is COC(=O)c1cccn2cc(CN3CCS[C@@H](C)C3)nc12. The molecule has 6 heteroatoms. The molecule has 0 amide bonds. The number of carbonyl (C=O) groups excluding carboxylic acids is 1. The van der Waals surface area contributed by atoms with Crippen LogP contribution in [0.25, 0.3) is 5.65 Å². The van der Waals surface area contributed by atoms with Crippen LogP contribution >= 0.6 is 11.8 Å². The average Bonchev–Trinajstić information content (AvgIpc) is 2.88. The summed E-state index contributed by atoms with van der Waals surface area (Å²) in [5.41, 5.74) is 2.16. The molecule has 0 saturated carbocycles. The van der Waals surface area contributed by atoms with Crippen LogP contribution in [-0.4, -0.2) is 51.5 Å². The van der Waals surface area contributed by atoms with Crippen molar-refractivity contribution >= 4 is 23.4 Å². The van der Waals surface area contributed by atoms with Crippen molar-refractivity contribution in [3.05, 3.63) is 35.8 Å². The third-order valence-corrected chi connectivity index (χ3v) is 4.79. The average molecular weight is 305 g/mol. The second-order valence-electron chi connectivity index (χ2n) is 5.29. The van der Waals surface area contributed by atoms with Gasteiger partial charge in [0.1, 0.15) is 5.56 Å². The van der Waals surface area contributed by atoms with Crippen molar-refractivity contribution in [2.75, 3.05) is 26.0 Å². The Kier molecular flexibility index (Phi) is 4.17. The van der Waals surface area contributed by atoms with Crippen molar-refractivity contribution in [2.24, 2.45) is 0 Å². The molecule has 1 saturated heterocycles. The van der Waals surface area contributed by atoms with Crippen molar-refractivity contribution < 1.29 is 9.53 Å². The summed E-state index contributed by atoms with van der Waals surface area (Å²) >= 11 is 2.02. The second-order valence-corrected chi connectivity index (χ2v) is 6.84. The van der Waals surface area contributed by atoms with Gasteiger partial charge >= 0.3 is 5.97 Å². The Morgan fingerprint density at radius 3 is 3.19 bits per heavy atom. The summed E-state index contributed by atoms with van der Waals surface area (Å²) in [6.07, 6.45) is 3.90. The standard InChI is InChI=1S/C15H19N3O2S/c1-11-8-17(6-7-21-11)9-12-10-18-5-3-4-13(14(18)16-12)15(19)20-2/h3-5,10-11H,6-9H2,1-2H3/t11-/m0/s1. The summed E-state index contributed by atoms with van der Waals surface area (Å²) in [4.78, 5) is 18.8. The third-order valence-electron chi connectivity index (χ3n) is 3.65. The number of thioether (sulfide) groups is 1. The molecule has 2 aromatic rings. The first kappa shape index (κ1) is 14.4. The highest BCUT2D eigenvalue weighted by molar-refractivity contribution is 7.99. The summed E-state index contributed by atoms with van der Waals surface area (Å²) in [5.74, 6) is 0.822. The number of hydrogen-bond donors (Lipinski definition) is 0. The van der Waals surface area contributed by atoms with Crippen LogP contribution in [-0.2, 0) is 11.3 Å². The number of aromatic nitrogens is 2. The molecule has 1 fully saturated rings. The van der Waals surface area contributed by atoms with Gasteiger partial charge in [0.15, 0.2) is 5.65 Å². The zero-order chi connectivity index (χ0) is 14.8. The first-order valence-electron chi connectivity index (χ1n) is 7.06. The zero-order valence-corrected chi connectivity index (χ0v) is 13.1. The Balaban J connectivity index is 1.85. The van der Waals surface area contributed by atoms with Gasteiger partial charge in [0.25, 0.3) is 0 Å². The summed E-state index contributed by atoms with van der Waals surface area (Å²) in [6, 6.07) is 3.59. The van der Waals surface area contributed by atoms with E-state index in [-0.39, 0.29) is 5.97 Å². The quantitative estimate of drug-likeness (QED) is 0.812. The van der Waals surface area contributed by atoms with Crippen molar-refractivity contribution in [3.8, 4) is 0 Å². The van der Waals surface area contributed by atoms with Crippen molar-refractivity contribution in [1.29, 1.82) is 0 Å². The van der Waals surface area contributed by atoms with Gasteiger partial charge in [-0.2, -0.15) is 11.8 Å². The molecule has 21 heavy (non-hydrogen) atoms. The van der Waals surface area contributed by atoms with Gasteiger partial charge in [-0.05, 0) is 12.1 Å². The molecule has 1 aliphatic rings. The molecular weight excluding hydrogens is 286 g/mol. The molecule has 1 aliphatic heterocycles. The fourth-order valence-electron chi connectivity index (χ4n) is 2.67. The number of hydrogen-bond acceptors (Lipinski definition) is 5. The molecule has 0 spiro atoms. The molecule has 5 nitrogen and oxygen atoms in total. The number of rotatable bonds is 3. The Morgan fingerprint density at radius 2 is 2.43 bits per heavy atom. The van der Waals surface area contributed by atoms with Gasteiger partial charge in [-0.15, -0.1) is 0 Å². The molecule has 0 unspecified atom stereocenters. The molecule has 0 aliphatic carbocycles. The summed E-state index contributed by atoms with van der Waals surface area (Å²) in [7, 11) is 1.39. The van der Waals surface area contributed by atoms with Crippen LogP contribution in [0.4, 0.5) is 0 Å². The number of fused-ring (bicyclic) bond motifs is 1. The normalized spacial score (nSPS) is 19.8. The molecule has 3 heterocycles. The number of esters is 1. The van der Waals surface area contributed by atoms with E-state index in [0.717, 1.165) is 25.3 Å². The molecule has 0 bridgehead atoms. The monoisotopic (exact) mass is 305 g/mol. The smallest absolute Gasteiger partial charge is 0.341 e. The number of pyridine rings is 1. The number of ether oxygens (including phenoxy) is 1. The van der Waals surface area contributed by atoms with Crippen LogP contribution in [0.2, 0.25) is 0 Å². The molecule has 112 valence electrons. The lowest BCUT2D eigenvalue weighted by Crippen LogP contribution is -2.36. The van der Waals surface area contributed by atoms with E-state index in [4.69, 9.17) is 4.74 Å². The fraction of sp³-hybridized carbons (Fsp3) is 0.467. The minimum absolute atomic E-state index is 0.347. The van der Waals surface area contributed by atoms with Crippen LogP contribution in [0.1, 0.15) is 23.0 Å². The van der Waals surface area contributed by atoms with E-state index in [9.17, 15) is 4.79 Å². The van der Waals surface area contributed by atoms with E-state index in [1.807, 2.05) is 34.6 Å². The fourth-order valence-corrected chi connectivity index (χ4v) is 3.75. The van der Waals surface area contributed by atoms with E-state index >= 15 is 0 Å². The number of imidazole rings is 1. The number of nitrogens with zero attached hydrogens (tertiary/aromatic N) is 3. The number of carbonyl (C=O) groups is 1. The molecule has 0 N–H and O–H groups in total. The predicted octanol–water partition coefficient (Wildman–Crippen LogP) is 2.06. The van der Waals surface area contributed by atoms with Crippen LogP contribution in [0.5, 0.6) is 0 Å². The van der Waals surface area contributed by atoms with Crippen LogP contribution in [0.15, 0.2) is 24.5 Å². The van der Waals surface area contributed by atoms with Gasteiger partial charge in [-0.25, -0.2) is 9.78 Å². The number of methoxy groups -OCH3 is 1. The van der Waals surface area contributed by atoms with Crippen molar-refractivity contribution in [3.63, 3.8) is 0 Å². The van der Waals surface area contributed by atoms with E-state index in [1.54, 1.807) is 6.07 Å². The Labute approximate surface area is 128 Å². The van der Waals surface area contributed by atoms with Crippen molar-refractivity contribution in [2.45, 2.75) is 18.7 Å². The summed E-state index contributed by atoms with van der Waals surface area (Å²) < 4.78 is 6.70. The van der Waals surface area contributed by atoms with Gasteiger partial charge in [0.2, 0.25) is 0 Å². The van der Waals surface area contributed by atoms with Gasteiger partial charge < -0.3 is 9.14 Å². The third kappa shape index (κ3) is 3.06. The maximum Gasteiger partial charge on any atom is 0.341 e. The molecule has 3 rings (SSSR count). The Morgan fingerprint density at radius 1 is 1.57 bits per heavy atom. The summed E-state index contributed by atoms with van der Waals surface area (Å²) in [5, 5.41) is 0.668. The first-order valence-corrected chi connectivity index (χ1v) is 8.11. The van der Waals surface area contributed by atoms with Gasteiger partial charge in [0.05, 0.1) is 12.8 Å². The summed E-state index contributed by atoms with van der Waals surface area (Å²) in [6.45, 7) is 5.26. The lowest BCUT2D eigenvalue weighted by molar-refractivity contribution is 0.0602. The van der Waals surface area contributed by atoms with E-state index in [2.05, 4.69) is 16.8 Å². The van der Waals surface area contributed by atoms with E-state index in [0.29, 0.717) is 16.5 Å². The highest BCUT2D eigenvalue weighted by atomic mass is 32.2. The van der Waals surface area contributed by atoms with Crippen molar-refractivity contribution in [1.82, 2.24) is 14.3 Å². The van der Waals surface area contributed by atoms with Gasteiger partial charge in [0, 0.05) is 43.0 Å². The molecule has 0 aromatic carbocycles. The zero-order valence-electron chi connectivity index (χ0n) is 12.3. The topological polar surface area (TPSA) is 46.8 Å². The van der Waals surface area contributed by atoms with E-state index < -0.39 is 0 Å². The van der Waals surface area contributed by atoms with Crippen LogP contribution in [0, 0.1) is 0 Å². The maximum absolute atomic E-state index is 11.8. The highest BCUT2D eigenvalue weighted by Crippen LogP contribution is 2.20. The minimum atomic E-state index is -0.347. The molecule has 1 atom stereocenters. The second kappa shape index (κ2) is 6.07. The van der Waals surface area contributed by atoms with E-state index in [1.165, 1.54) is 12.9 Å².